The molecule has 1 aromatic carbocycles. The molecule has 1 N–H and O–H groups in total. The van der Waals surface area contributed by atoms with Crippen molar-refractivity contribution in [1.82, 2.24) is 9.62 Å². The van der Waals surface area contributed by atoms with Gasteiger partial charge in [-0.25, -0.2) is 17.2 Å². The predicted octanol–water partition coefficient (Wildman–Crippen LogP) is 1.58. The molecule has 2 fully saturated rings. The zero-order chi connectivity index (χ0) is 15.4. The van der Waals surface area contributed by atoms with E-state index in [1.54, 1.807) is 0 Å². The molecule has 0 saturated carbocycles. The molecule has 21 heavy (non-hydrogen) atoms. The molecule has 0 aliphatic carbocycles. The number of halogens is 2. The van der Waals surface area contributed by atoms with Crippen molar-refractivity contribution in [2.24, 2.45) is 11.8 Å². The van der Waals surface area contributed by atoms with Crippen molar-refractivity contribution < 1.29 is 17.2 Å². The number of sulfonamides is 1. The Morgan fingerprint density at radius 3 is 2.43 bits per heavy atom. The monoisotopic (exact) mass is 316 g/mol. The van der Waals surface area contributed by atoms with E-state index in [0.717, 1.165) is 31.3 Å². The van der Waals surface area contributed by atoms with Gasteiger partial charge in [0.15, 0.2) is 4.90 Å². The number of benzene rings is 1. The molecule has 1 aromatic rings. The van der Waals surface area contributed by atoms with Gasteiger partial charge in [-0.1, -0.05) is 6.07 Å². The van der Waals surface area contributed by atoms with Crippen LogP contribution in [0.5, 0.6) is 0 Å². The van der Waals surface area contributed by atoms with Crippen LogP contribution >= 0.6 is 0 Å². The summed E-state index contributed by atoms with van der Waals surface area (Å²) in [7, 11) is -4.19. The van der Waals surface area contributed by atoms with Crippen LogP contribution in [0.15, 0.2) is 23.1 Å². The lowest BCUT2D eigenvalue weighted by Crippen LogP contribution is -2.47. The summed E-state index contributed by atoms with van der Waals surface area (Å²) in [4.78, 5) is -0.842. The maximum absolute atomic E-state index is 13.9. The molecule has 3 rings (SSSR count). The van der Waals surface area contributed by atoms with Crippen molar-refractivity contribution in [3.8, 4) is 0 Å². The normalized spacial score (nSPS) is 28.8. The van der Waals surface area contributed by atoms with Crippen LogP contribution in [0.1, 0.15) is 13.8 Å². The molecule has 4 nitrogen and oxygen atoms in total. The van der Waals surface area contributed by atoms with Crippen LogP contribution in [0.4, 0.5) is 8.78 Å². The molecule has 0 aromatic heterocycles. The zero-order valence-electron chi connectivity index (χ0n) is 11.9. The Bertz CT molecular complexity index is 655. The Kier molecular flexibility index (Phi) is 3.35. The van der Waals surface area contributed by atoms with Gasteiger partial charge in [0.2, 0.25) is 10.0 Å². The SMILES string of the molecule is CC1(C)C2CNCC2CN1S(=O)(=O)c1c(F)cccc1F. The Morgan fingerprint density at radius 2 is 1.86 bits per heavy atom. The third kappa shape index (κ3) is 2.10. The topological polar surface area (TPSA) is 49.4 Å². The van der Waals surface area contributed by atoms with Crippen molar-refractivity contribution in [3.63, 3.8) is 0 Å². The van der Waals surface area contributed by atoms with Crippen LogP contribution in [0.3, 0.4) is 0 Å². The van der Waals surface area contributed by atoms with Gasteiger partial charge in [-0.3, -0.25) is 0 Å². The molecule has 7 heteroatoms. The first-order valence-corrected chi connectivity index (χ1v) is 8.38. The van der Waals surface area contributed by atoms with Gasteiger partial charge in [0.1, 0.15) is 11.6 Å². The molecule has 2 saturated heterocycles. The highest BCUT2D eigenvalue weighted by Crippen LogP contribution is 2.44. The second kappa shape index (κ2) is 4.72. The fourth-order valence-electron chi connectivity index (χ4n) is 3.63. The van der Waals surface area contributed by atoms with E-state index < -0.39 is 32.1 Å². The van der Waals surface area contributed by atoms with Crippen LogP contribution in [0, 0.1) is 23.5 Å². The molecular weight excluding hydrogens is 298 g/mol. The highest BCUT2D eigenvalue weighted by Gasteiger charge is 2.54. The minimum atomic E-state index is -4.19. The largest absolute Gasteiger partial charge is 0.316 e. The zero-order valence-corrected chi connectivity index (χ0v) is 12.8. The third-order valence-corrected chi connectivity index (χ3v) is 6.86. The minimum absolute atomic E-state index is 0.155. The van der Waals surface area contributed by atoms with Crippen LogP contribution in [-0.4, -0.2) is 37.9 Å². The van der Waals surface area contributed by atoms with Gasteiger partial charge in [-0.2, -0.15) is 4.31 Å². The van der Waals surface area contributed by atoms with E-state index in [1.807, 2.05) is 13.8 Å². The van der Waals surface area contributed by atoms with Crippen molar-refractivity contribution in [2.75, 3.05) is 19.6 Å². The van der Waals surface area contributed by atoms with E-state index in [-0.39, 0.29) is 11.8 Å². The van der Waals surface area contributed by atoms with Gasteiger partial charge >= 0.3 is 0 Å². The van der Waals surface area contributed by atoms with Crippen molar-refractivity contribution in [1.29, 1.82) is 0 Å². The van der Waals surface area contributed by atoms with Gasteiger partial charge < -0.3 is 5.32 Å². The van der Waals surface area contributed by atoms with Gasteiger partial charge in [-0.15, -0.1) is 0 Å². The quantitative estimate of drug-likeness (QED) is 0.901. The number of hydrogen-bond donors (Lipinski definition) is 1. The first kappa shape index (κ1) is 14.9. The van der Waals surface area contributed by atoms with Gasteiger partial charge in [0.05, 0.1) is 0 Å². The van der Waals surface area contributed by atoms with E-state index in [0.29, 0.717) is 6.54 Å². The van der Waals surface area contributed by atoms with E-state index in [9.17, 15) is 17.2 Å². The third-order valence-electron chi connectivity index (χ3n) is 4.76. The first-order chi connectivity index (χ1) is 9.76. The maximum Gasteiger partial charge on any atom is 0.249 e. The molecule has 0 radical (unpaired) electrons. The molecule has 0 amide bonds. The summed E-state index contributed by atoms with van der Waals surface area (Å²) < 4.78 is 54.5. The summed E-state index contributed by atoms with van der Waals surface area (Å²) in [6.45, 7) is 5.39. The van der Waals surface area contributed by atoms with Crippen molar-refractivity contribution in [3.05, 3.63) is 29.8 Å². The molecule has 2 aliphatic heterocycles. The summed E-state index contributed by atoms with van der Waals surface area (Å²) in [5, 5.41) is 3.24. The molecule has 116 valence electrons. The number of fused-ring (bicyclic) bond motifs is 1. The van der Waals surface area contributed by atoms with Gasteiger partial charge in [0, 0.05) is 18.6 Å². The lowest BCUT2D eigenvalue weighted by atomic mass is 9.85. The predicted molar refractivity (Wildman–Crippen MR) is 74.2 cm³/mol. The van der Waals surface area contributed by atoms with Crippen molar-refractivity contribution in [2.45, 2.75) is 24.3 Å². The molecular formula is C14H18F2N2O2S. The lowest BCUT2D eigenvalue weighted by molar-refractivity contribution is 0.232. The van der Waals surface area contributed by atoms with Crippen LogP contribution in [0.25, 0.3) is 0 Å². The molecule has 2 aliphatic rings. The molecule has 2 heterocycles. The summed E-state index contributed by atoms with van der Waals surface area (Å²) in [6.07, 6.45) is 0. The second-order valence-corrected chi connectivity index (χ2v) is 8.06. The van der Waals surface area contributed by atoms with Crippen molar-refractivity contribution >= 4 is 10.0 Å². The number of nitrogens with zero attached hydrogens (tertiary/aromatic N) is 1. The van der Waals surface area contributed by atoms with Gasteiger partial charge in [-0.05, 0) is 44.4 Å². The smallest absolute Gasteiger partial charge is 0.249 e. The Hall–Kier alpha value is -1.05. The van der Waals surface area contributed by atoms with Gasteiger partial charge in [0.25, 0.3) is 0 Å². The Balaban J connectivity index is 2.08. The number of nitrogens with one attached hydrogen (secondary N) is 1. The standard InChI is InChI=1S/C14H18F2N2O2S/c1-14(2)10-7-17-6-9(10)8-18(14)21(19,20)13-11(15)4-3-5-12(13)16/h3-5,9-10,17H,6-8H2,1-2H3. The van der Waals surface area contributed by atoms with Crippen LogP contribution in [-0.2, 0) is 10.0 Å². The van der Waals surface area contributed by atoms with Crippen LogP contribution < -0.4 is 5.32 Å². The molecule has 0 spiro atoms. The highest BCUT2D eigenvalue weighted by molar-refractivity contribution is 7.89. The number of hydrogen-bond acceptors (Lipinski definition) is 3. The molecule has 2 atom stereocenters. The Morgan fingerprint density at radius 1 is 1.24 bits per heavy atom. The molecule has 2 unspecified atom stereocenters. The number of rotatable bonds is 2. The van der Waals surface area contributed by atoms with E-state index in [4.69, 9.17) is 0 Å². The minimum Gasteiger partial charge on any atom is -0.316 e. The fourth-order valence-corrected chi connectivity index (χ4v) is 5.62. The van der Waals surface area contributed by atoms with E-state index in [2.05, 4.69) is 5.32 Å². The maximum atomic E-state index is 13.9. The Labute approximate surface area is 123 Å². The average Bonchev–Trinajstić information content (AvgIpc) is 2.91. The van der Waals surface area contributed by atoms with E-state index in [1.165, 1.54) is 4.31 Å². The average molecular weight is 316 g/mol. The van der Waals surface area contributed by atoms with E-state index >= 15 is 0 Å². The fraction of sp³-hybridized carbons (Fsp3) is 0.571. The summed E-state index contributed by atoms with van der Waals surface area (Å²) in [5.74, 6) is -1.74. The van der Waals surface area contributed by atoms with Crippen LogP contribution in [0.2, 0.25) is 0 Å². The summed E-state index contributed by atoms with van der Waals surface area (Å²) in [5.41, 5.74) is -0.665. The summed E-state index contributed by atoms with van der Waals surface area (Å²) >= 11 is 0. The highest BCUT2D eigenvalue weighted by atomic mass is 32.2. The summed E-state index contributed by atoms with van der Waals surface area (Å²) in [6, 6.07) is 3.11. The molecule has 0 bridgehead atoms. The first-order valence-electron chi connectivity index (χ1n) is 6.94. The lowest BCUT2D eigenvalue weighted by Gasteiger charge is -2.34. The second-order valence-electron chi connectivity index (χ2n) is 6.27.